The number of carbonyl (C=O) groups excluding carboxylic acids is 1. The van der Waals surface area contributed by atoms with E-state index in [1.165, 1.54) is 6.33 Å². The predicted molar refractivity (Wildman–Crippen MR) is 185 cm³/mol. The van der Waals surface area contributed by atoms with Crippen LogP contribution in [0.15, 0.2) is 97.5 Å². The molecule has 0 atom stereocenters. The minimum atomic E-state index is -1.24. The van der Waals surface area contributed by atoms with Crippen LogP contribution in [-0.4, -0.2) is 39.7 Å². The Kier molecular flexibility index (Phi) is 9.32. The highest BCUT2D eigenvalue weighted by molar-refractivity contribution is 6.76. The summed E-state index contributed by atoms with van der Waals surface area (Å²) in [6.07, 6.45) is 4.66. The smallest absolute Gasteiger partial charge is 0.231 e. The highest BCUT2D eigenvalue weighted by Crippen LogP contribution is 2.35. The Hall–Kier alpha value is -4.73. The minimum absolute atomic E-state index is 0.0837. The van der Waals surface area contributed by atoms with Crippen LogP contribution in [0.5, 0.6) is 17.4 Å². The minimum Gasteiger partial charge on any atom is -0.489 e. The number of hydrogen-bond acceptors (Lipinski definition) is 6. The number of fused-ring (bicyclic) bond motifs is 2. The second-order valence-electron chi connectivity index (χ2n) is 12.7. The standard InChI is InChI=1S/C37H40N4O4Si/c1-5-9-35(42)40-19-18-29-22-31(16-17-33(29)40)45-37-32-23-34(41(36(32)38-25-39-37)26-43-20-21-46(2,3)4)28-12-14-30(15-13-28)44-24-27-10-7-6-8-11-27/h6-8,10-19,22-23,25H,5,9,20-21,24,26H2,1-4H3. The van der Waals surface area contributed by atoms with Gasteiger partial charge in [0.15, 0.2) is 0 Å². The predicted octanol–water partition coefficient (Wildman–Crippen LogP) is 9.18. The quantitative estimate of drug-likeness (QED) is 0.0933. The van der Waals surface area contributed by atoms with Crippen molar-refractivity contribution in [3.63, 3.8) is 0 Å². The molecule has 3 aromatic heterocycles. The fourth-order valence-electron chi connectivity index (χ4n) is 5.34. The Balaban J connectivity index is 1.29. The molecule has 3 aromatic carbocycles. The Bertz CT molecular complexity index is 1940. The zero-order valence-electron chi connectivity index (χ0n) is 26.9. The number of benzene rings is 3. The molecule has 0 spiro atoms. The molecular weight excluding hydrogens is 593 g/mol. The van der Waals surface area contributed by atoms with Gasteiger partial charge in [0, 0.05) is 32.7 Å². The first-order valence-corrected chi connectivity index (χ1v) is 19.5. The van der Waals surface area contributed by atoms with Gasteiger partial charge in [-0.3, -0.25) is 9.36 Å². The number of rotatable bonds is 13. The van der Waals surface area contributed by atoms with Gasteiger partial charge in [-0.2, -0.15) is 0 Å². The molecule has 8 nitrogen and oxygen atoms in total. The van der Waals surface area contributed by atoms with Gasteiger partial charge in [-0.15, -0.1) is 0 Å². The number of carbonyl (C=O) groups is 1. The maximum absolute atomic E-state index is 12.5. The molecule has 0 aliphatic heterocycles. The summed E-state index contributed by atoms with van der Waals surface area (Å²) in [4.78, 5) is 21.7. The monoisotopic (exact) mass is 632 g/mol. The van der Waals surface area contributed by atoms with Crippen molar-refractivity contribution in [2.24, 2.45) is 0 Å². The van der Waals surface area contributed by atoms with Crippen molar-refractivity contribution in [3.8, 4) is 28.6 Å². The molecule has 0 saturated heterocycles. The third-order valence-corrected chi connectivity index (χ3v) is 9.58. The average molecular weight is 633 g/mol. The van der Waals surface area contributed by atoms with E-state index in [0.717, 1.165) is 57.0 Å². The van der Waals surface area contributed by atoms with E-state index in [1.54, 1.807) is 4.57 Å². The van der Waals surface area contributed by atoms with E-state index in [2.05, 4.69) is 64.5 Å². The van der Waals surface area contributed by atoms with E-state index in [0.29, 0.717) is 38.0 Å². The van der Waals surface area contributed by atoms with Crippen LogP contribution in [-0.2, 0) is 18.1 Å². The molecular formula is C37H40N4O4Si. The number of hydrogen-bond donors (Lipinski definition) is 0. The van der Waals surface area contributed by atoms with Gasteiger partial charge >= 0.3 is 0 Å². The second-order valence-corrected chi connectivity index (χ2v) is 18.3. The molecule has 0 aliphatic rings. The molecule has 3 heterocycles. The van der Waals surface area contributed by atoms with Crippen molar-refractivity contribution in [1.29, 1.82) is 0 Å². The fraction of sp³-hybridized carbons (Fsp3) is 0.270. The second kappa shape index (κ2) is 13.7. The fourth-order valence-corrected chi connectivity index (χ4v) is 6.09. The summed E-state index contributed by atoms with van der Waals surface area (Å²) >= 11 is 0. The first kappa shape index (κ1) is 31.3. The van der Waals surface area contributed by atoms with Gasteiger partial charge < -0.3 is 18.8 Å². The van der Waals surface area contributed by atoms with Gasteiger partial charge in [0.2, 0.25) is 11.8 Å². The lowest BCUT2D eigenvalue weighted by Gasteiger charge is -2.17. The largest absolute Gasteiger partial charge is 0.489 e. The number of nitrogens with zero attached hydrogens (tertiary/aromatic N) is 4. The zero-order valence-corrected chi connectivity index (χ0v) is 27.9. The van der Waals surface area contributed by atoms with Crippen molar-refractivity contribution < 1.29 is 19.0 Å². The number of ether oxygens (including phenoxy) is 3. The first-order valence-electron chi connectivity index (χ1n) is 15.8. The normalized spacial score (nSPS) is 11.7. The molecule has 6 aromatic rings. The van der Waals surface area contributed by atoms with Gasteiger partial charge in [0.25, 0.3) is 0 Å². The summed E-state index contributed by atoms with van der Waals surface area (Å²) < 4.78 is 22.4. The lowest BCUT2D eigenvalue weighted by molar-refractivity contribution is 0.0905. The van der Waals surface area contributed by atoms with Gasteiger partial charge in [-0.1, -0.05) is 56.9 Å². The van der Waals surface area contributed by atoms with Crippen LogP contribution in [0.4, 0.5) is 0 Å². The average Bonchev–Trinajstić information content (AvgIpc) is 3.65. The molecule has 0 unspecified atom stereocenters. The molecule has 9 heteroatoms. The summed E-state index contributed by atoms with van der Waals surface area (Å²) in [7, 11) is -1.24. The van der Waals surface area contributed by atoms with Crippen molar-refractivity contribution in [2.75, 3.05) is 6.61 Å². The third kappa shape index (κ3) is 7.22. The highest BCUT2D eigenvalue weighted by Gasteiger charge is 2.19. The molecule has 0 saturated carbocycles. The lowest BCUT2D eigenvalue weighted by atomic mass is 10.1. The van der Waals surface area contributed by atoms with Crippen LogP contribution in [0, 0.1) is 0 Å². The summed E-state index contributed by atoms with van der Waals surface area (Å²) in [5.74, 6) is 1.97. The Labute approximate surface area is 270 Å². The molecule has 0 N–H and O–H groups in total. The Morgan fingerprint density at radius 3 is 2.43 bits per heavy atom. The van der Waals surface area contributed by atoms with Crippen LogP contribution in [0.2, 0.25) is 25.7 Å². The molecule has 46 heavy (non-hydrogen) atoms. The summed E-state index contributed by atoms with van der Waals surface area (Å²) in [6, 6.07) is 29.0. The Morgan fingerprint density at radius 2 is 1.67 bits per heavy atom. The molecule has 0 aliphatic carbocycles. The summed E-state index contributed by atoms with van der Waals surface area (Å²) in [5, 5.41) is 1.71. The van der Waals surface area contributed by atoms with Crippen LogP contribution in [0.1, 0.15) is 30.1 Å². The van der Waals surface area contributed by atoms with E-state index >= 15 is 0 Å². The summed E-state index contributed by atoms with van der Waals surface area (Å²) in [5.41, 5.74) is 4.66. The van der Waals surface area contributed by atoms with Crippen molar-refractivity contribution in [3.05, 3.63) is 103 Å². The first-order chi connectivity index (χ1) is 22.3. The van der Waals surface area contributed by atoms with Gasteiger partial charge in [0.1, 0.15) is 36.8 Å². The molecule has 6 rings (SSSR count). The van der Waals surface area contributed by atoms with Crippen molar-refractivity contribution >= 4 is 35.9 Å². The van der Waals surface area contributed by atoms with Crippen molar-refractivity contribution in [1.82, 2.24) is 19.1 Å². The molecule has 236 valence electrons. The SMILES string of the molecule is CCCC(=O)n1ccc2cc(Oc3ncnc4c3cc(-c3ccc(OCc5ccccc5)cc3)n4COCC[Si](C)(C)C)ccc21. The van der Waals surface area contributed by atoms with E-state index < -0.39 is 8.07 Å². The molecule has 0 fully saturated rings. The Morgan fingerprint density at radius 1 is 0.891 bits per heavy atom. The van der Waals surface area contributed by atoms with Crippen LogP contribution in [0.3, 0.4) is 0 Å². The van der Waals surface area contributed by atoms with Crippen LogP contribution < -0.4 is 9.47 Å². The zero-order chi connectivity index (χ0) is 32.1. The maximum Gasteiger partial charge on any atom is 0.231 e. The highest BCUT2D eigenvalue weighted by atomic mass is 28.3. The van der Waals surface area contributed by atoms with E-state index in [9.17, 15) is 4.79 Å². The lowest BCUT2D eigenvalue weighted by Crippen LogP contribution is -2.22. The molecule has 0 radical (unpaired) electrons. The number of aromatic nitrogens is 4. The van der Waals surface area contributed by atoms with Crippen molar-refractivity contribution in [2.45, 2.75) is 58.8 Å². The maximum atomic E-state index is 12.5. The van der Waals surface area contributed by atoms with Crippen LogP contribution >= 0.6 is 0 Å². The third-order valence-electron chi connectivity index (χ3n) is 7.88. The molecule has 0 bridgehead atoms. The van der Waals surface area contributed by atoms with Crippen LogP contribution in [0.25, 0.3) is 33.2 Å². The van der Waals surface area contributed by atoms with Gasteiger partial charge in [-0.05, 0) is 78.2 Å². The molecule has 0 amide bonds. The van der Waals surface area contributed by atoms with Gasteiger partial charge in [-0.25, -0.2) is 9.97 Å². The van der Waals surface area contributed by atoms with Gasteiger partial charge in [0.05, 0.1) is 16.6 Å². The van der Waals surface area contributed by atoms with E-state index in [1.807, 2.05) is 67.7 Å². The van der Waals surface area contributed by atoms with E-state index in [-0.39, 0.29) is 5.91 Å². The summed E-state index contributed by atoms with van der Waals surface area (Å²) in [6.45, 7) is 10.6. The topological polar surface area (TPSA) is 80.4 Å². The van der Waals surface area contributed by atoms with E-state index in [4.69, 9.17) is 14.2 Å².